The van der Waals surface area contributed by atoms with Gasteiger partial charge in [0.25, 0.3) is 5.91 Å². The highest BCUT2D eigenvalue weighted by atomic mass is 32.2. The molecule has 1 aromatic carbocycles. The minimum absolute atomic E-state index is 0.185. The fourth-order valence-electron chi connectivity index (χ4n) is 1.83. The number of hydrogen-bond donors (Lipinski definition) is 1. The maximum atomic E-state index is 11.8. The van der Waals surface area contributed by atoms with E-state index in [0.717, 1.165) is 6.42 Å². The third-order valence-corrected chi connectivity index (χ3v) is 3.81. The Hall–Kier alpha value is -1.88. The van der Waals surface area contributed by atoms with Crippen molar-refractivity contribution in [3.8, 4) is 0 Å². The zero-order chi connectivity index (χ0) is 15.1. The van der Waals surface area contributed by atoms with E-state index >= 15 is 0 Å². The van der Waals surface area contributed by atoms with E-state index in [9.17, 15) is 4.79 Å². The zero-order valence-electron chi connectivity index (χ0n) is 12.2. The second-order valence-electron chi connectivity index (χ2n) is 4.91. The molecule has 0 bridgehead atoms. The summed E-state index contributed by atoms with van der Waals surface area (Å²) in [4.78, 5) is 20.9. The summed E-state index contributed by atoms with van der Waals surface area (Å²) in [5.41, 5.74) is 1.56. The maximum Gasteiger partial charge on any atom is 0.271 e. The van der Waals surface area contributed by atoms with Crippen molar-refractivity contribution in [2.45, 2.75) is 30.4 Å². The number of aromatic nitrogens is 2. The Labute approximate surface area is 129 Å². The molecule has 21 heavy (non-hydrogen) atoms. The van der Waals surface area contributed by atoms with Crippen LogP contribution in [0.4, 0.5) is 0 Å². The van der Waals surface area contributed by atoms with Crippen molar-refractivity contribution in [1.82, 2.24) is 15.3 Å². The lowest BCUT2D eigenvalue weighted by atomic mass is 10.1. The number of rotatable bonds is 6. The quantitative estimate of drug-likeness (QED) is 0.834. The summed E-state index contributed by atoms with van der Waals surface area (Å²) in [7, 11) is 0. The van der Waals surface area contributed by atoms with Gasteiger partial charge in [-0.2, -0.15) is 0 Å². The molecule has 0 saturated heterocycles. The number of benzene rings is 1. The summed E-state index contributed by atoms with van der Waals surface area (Å²) in [6.45, 7) is 4.95. The van der Waals surface area contributed by atoms with Crippen LogP contribution in [0.2, 0.25) is 0 Å². The lowest BCUT2D eigenvalue weighted by molar-refractivity contribution is 0.0948. The molecule has 0 aliphatic rings. The summed E-state index contributed by atoms with van der Waals surface area (Å²) in [5, 5.41) is 3.43. The van der Waals surface area contributed by atoms with Gasteiger partial charge in [-0.3, -0.25) is 9.78 Å². The summed E-state index contributed by atoms with van der Waals surface area (Å²) in [6.07, 6.45) is 5.33. The molecular weight excluding hydrogens is 282 g/mol. The van der Waals surface area contributed by atoms with Crippen molar-refractivity contribution in [3.05, 3.63) is 54.1 Å². The molecule has 110 valence electrons. The van der Waals surface area contributed by atoms with Gasteiger partial charge < -0.3 is 5.32 Å². The van der Waals surface area contributed by atoms with Crippen LogP contribution in [-0.2, 0) is 6.42 Å². The molecule has 0 saturated carbocycles. The Balaban J connectivity index is 1.79. The van der Waals surface area contributed by atoms with Gasteiger partial charge in [-0.1, -0.05) is 26.0 Å². The standard InChI is InChI=1S/C16H19N3OS/c1-12(2)21-14-5-3-13(4-6-14)7-8-19-16(20)15-11-17-9-10-18-15/h3-6,9-12H,7-8H2,1-2H3,(H,19,20). The van der Waals surface area contributed by atoms with Gasteiger partial charge in [0.05, 0.1) is 6.20 Å². The minimum atomic E-state index is -0.185. The van der Waals surface area contributed by atoms with Gasteiger partial charge >= 0.3 is 0 Å². The summed E-state index contributed by atoms with van der Waals surface area (Å²) in [6, 6.07) is 8.48. The molecule has 0 atom stereocenters. The molecule has 5 heteroatoms. The molecule has 2 aromatic rings. The summed E-state index contributed by atoms with van der Waals surface area (Å²) in [5.74, 6) is -0.185. The van der Waals surface area contributed by atoms with Gasteiger partial charge in [0.15, 0.2) is 0 Å². The van der Waals surface area contributed by atoms with Crippen molar-refractivity contribution in [2.24, 2.45) is 0 Å². The average Bonchev–Trinajstić information content (AvgIpc) is 2.49. The second-order valence-corrected chi connectivity index (χ2v) is 6.56. The average molecular weight is 301 g/mol. The van der Waals surface area contributed by atoms with E-state index in [2.05, 4.69) is 53.4 Å². The van der Waals surface area contributed by atoms with Crippen LogP contribution < -0.4 is 5.32 Å². The van der Waals surface area contributed by atoms with Crippen LogP contribution in [0.1, 0.15) is 29.9 Å². The van der Waals surface area contributed by atoms with Crippen molar-refractivity contribution in [2.75, 3.05) is 6.54 Å². The van der Waals surface area contributed by atoms with E-state index in [1.165, 1.54) is 22.9 Å². The lowest BCUT2D eigenvalue weighted by Crippen LogP contribution is -2.26. The third-order valence-electron chi connectivity index (χ3n) is 2.79. The molecular formula is C16H19N3OS. The van der Waals surface area contributed by atoms with Gasteiger partial charge in [0.1, 0.15) is 5.69 Å². The first-order valence-electron chi connectivity index (χ1n) is 6.95. The number of amides is 1. The van der Waals surface area contributed by atoms with Crippen LogP contribution in [0.15, 0.2) is 47.8 Å². The molecule has 1 heterocycles. The van der Waals surface area contributed by atoms with E-state index in [0.29, 0.717) is 17.5 Å². The number of nitrogens with one attached hydrogen (secondary N) is 1. The van der Waals surface area contributed by atoms with Crippen LogP contribution in [0, 0.1) is 0 Å². The Morgan fingerprint density at radius 2 is 2.00 bits per heavy atom. The third kappa shape index (κ3) is 5.19. The van der Waals surface area contributed by atoms with Gasteiger partial charge in [-0.25, -0.2) is 4.98 Å². The molecule has 0 aliphatic heterocycles. The molecule has 1 aromatic heterocycles. The molecule has 4 nitrogen and oxygen atoms in total. The fraction of sp³-hybridized carbons (Fsp3) is 0.312. The number of carbonyl (C=O) groups is 1. The first-order chi connectivity index (χ1) is 10.1. The van der Waals surface area contributed by atoms with Crippen LogP contribution in [0.25, 0.3) is 0 Å². The van der Waals surface area contributed by atoms with Crippen molar-refractivity contribution in [3.63, 3.8) is 0 Å². The normalized spacial score (nSPS) is 10.6. The van der Waals surface area contributed by atoms with Crippen LogP contribution in [-0.4, -0.2) is 27.7 Å². The Morgan fingerprint density at radius 1 is 1.24 bits per heavy atom. The number of nitrogens with zero attached hydrogens (tertiary/aromatic N) is 2. The Bertz CT molecular complexity index is 570. The summed E-state index contributed by atoms with van der Waals surface area (Å²) < 4.78 is 0. The molecule has 0 fully saturated rings. The van der Waals surface area contributed by atoms with E-state index in [-0.39, 0.29) is 5.91 Å². The summed E-state index contributed by atoms with van der Waals surface area (Å²) >= 11 is 1.85. The van der Waals surface area contributed by atoms with Crippen molar-refractivity contribution < 1.29 is 4.79 Å². The zero-order valence-corrected chi connectivity index (χ0v) is 13.1. The van der Waals surface area contributed by atoms with Crippen LogP contribution in [0.3, 0.4) is 0 Å². The number of hydrogen-bond acceptors (Lipinski definition) is 4. The Kier molecular flexibility index (Phi) is 5.75. The Morgan fingerprint density at radius 3 is 2.62 bits per heavy atom. The van der Waals surface area contributed by atoms with E-state index < -0.39 is 0 Å². The lowest BCUT2D eigenvalue weighted by Gasteiger charge is -2.07. The van der Waals surface area contributed by atoms with Gasteiger partial charge in [-0.05, 0) is 24.1 Å². The predicted octanol–water partition coefficient (Wildman–Crippen LogP) is 2.95. The van der Waals surface area contributed by atoms with Gasteiger partial charge in [0, 0.05) is 29.1 Å². The highest BCUT2D eigenvalue weighted by Crippen LogP contribution is 2.22. The van der Waals surface area contributed by atoms with Crippen LogP contribution in [0.5, 0.6) is 0 Å². The minimum Gasteiger partial charge on any atom is -0.350 e. The van der Waals surface area contributed by atoms with Crippen LogP contribution >= 0.6 is 11.8 Å². The number of thioether (sulfide) groups is 1. The maximum absolute atomic E-state index is 11.8. The van der Waals surface area contributed by atoms with E-state index in [4.69, 9.17) is 0 Å². The monoisotopic (exact) mass is 301 g/mol. The molecule has 1 N–H and O–H groups in total. The molecule has 0 aliphatic carbocycles. The highest BCUT2D eigenvalue weighted by molar-refractivity contribution is 7.99. The fourth-order valence-corrected chi connectivity index (χ4v) is 2.67. The predicted molar refractivity (Wildman–Crippen MR) is 85.5 cm³/mol. The molecule has 2 rings (SSSR count). The van der Waals surface area contributed by atoms with Crippen molar-refractivity contribution >= 4 is 17.7 Å². The molecule has 0 unspecified atom stereocenters. The first kappa shape index (κ1) is 15.5. The highest BCUT2D eigenvalue weighted by Gasteiger charge is 2.05. The van der Waals surface area contributed by atoms with E-state index in [1.54, 1.807) is 6.20 Å². The smallest absolute Gasteiger partial charge is 0.271 e. The van der Waals surface area contributed by atoms with Crippen molar-refractivity contribution in [1.29, 1.82) is 0 Å². The van der Waals surface area contributed by atoms with E-state index in [1.807, 2.05) is 11.8 Å². The molecule has 0 radical (unpaired) electrons. The topological polar surface area (TPSA) is 54.9 Å². The molecule has 0 spiro atoms. The van der Waals surface area contributed by atoms with Gasteiger partial charge in [-0.15, -0.1) is 11.8 Å². The second kappa shape index (κ2) is 7.78. The SMILES string of the molecule is CC(C)Sc1ccc(CCNC(=O)c2cnccn2)cc1. The largest absolute Gasteiger partial charge is 0.350 e. The van der Waals surface area contributed by atoms with Gasteiger partial charge in [0.2, 0.25) is 0 Å². The first-order valence-corrected chi connectivity index (χ1v) is 7.83. The molecule has 1 amide bonds. The number of carbonyl (C=O) groups excluding carboxylic acids is 1.